The first-order valence-corrected chi connectivity index (χ1v) is 5.35. The largest absolute Gasteiger partial charge is 0.496 e. The molecule has 0 atom stereocenters. The van der Waals surface area contributed by atoms with Crippen LogP contribution >= 0.6 is 0 Å². The highest BCUT2D eigenvalue weighted by Gasteiger charge is 2.16. The van der Waals surface area contributed by atoms with Crippen molar-refractivity contribution in [2.75, 3.05) is 18.2 Å². The fraction of sp³-hybridized carbons (Fsp3) is 0.167. The van der Waals surface area contributed by atoms with Crippen LogP contribution in [0.4, 0.5) is 11.5 Å². The van der Waals surface area contributed by atoms with Gasteiger partial charge in [-0.3, -0.25) is 9.48 Å². The van der Waals surface area contributed by atoms with Crippen LogP contribution < -0.4 is 15.8 Å². The van der Waals surface area contributed by atoms with E-state index in [-0.39, 0.29) is 5.91 Å². The number of nitrogens with two attached hydrogens (primary N) is 1. The van der Waals surface area contributed by atoms with E-state index in [1.807, 2.05) is 0 Å². The molecule has 0 radical (unpaired) electrons. The minimum Gasteiger partial charge on any atom is -0.496 e. The standard InChI is InChI=1S/C12H14N4O2/c1-16-10(6-7-14-16)15-12(17)11-8(13)4-3-5-9(11)18-2/h3-7H,13H2,1-2H3,(H,15,17). The van der Waals surface area contributed by atoms with Crippen LogP contribution in [0, 0.1) is 0 Å². The Morgan fingerprint density at radius 2 is 2.22 bits per heavy atom. The number of nitrogens with one attached hydrogen (secondary N) is 1. The Morgan fingerprint density at radius 3 is 2.83 bits per heavy atom. The molecule has 0 saturated carbocycles. The molecule has 1 aromatic heterocycles. The maximum Gasteiger partial charge on any atom is 0.262 e. The molecule has 0 saturated heterocycles. The Kier molecular flexibility index (Phi) is 3.18. The molecule has 3 N–H and O–H groups in total. The van der Waals surface area contributed by atoms with Crippen molar-refractivity contribution in [1.82, 2.24) is 9.78 Å². The summed E-state index contributed by atoms with van der Waals surface area (Å²) >= 11 is 0. The number of carbonyl (C=O) groups excluding carboxylic acids is 1. The van der Waals surface area contributed by atoms with Gasteiger partial charge in [0, 0.05) is 18.8 Å². The summed E-state index contributed by atoms with van der Waals surface area (Å²) in [7, 11) is 3.23. The van der Waals surface area contributed by atoms with Crippen LogP contribution in [-0.4, -0.2) is 22.8 Å². The van der Waals surface area contributed by atoms with Gasteiger partial charge in [-0.2, -0.15) is 5.10 Å². The highest BCUT2D eigenvalue weighted by atomic mass is 16.5. The van der Waals surface area contributed by atoms with Crippen molar-refractivity contribution in [3.63, 3.8) is 0 Å². The first-order chi connectivity index (χ1) is 8.63. The van der Waals surface area contributed by atoms with E-state index in [4.69, 9.17) is 10.5 Å². The van der Waals surface area contributed by atoms with Gasteiger partial charge < -0.3 is 15.8 Å². The lowest BCUT2D eigenvalue weighted by Gasteiger charge is -2.11. The summed E-state index contributed by atoms with van der Waals surface area (Å²) in [6, 6.07) is 6.77. The van der Waals surface area contributed by atoms with Crippen molar-refractivity contribution in [3.8, 4) is 5.75 Å². The number of anilines is 2. The molecule has 2 aromatic rings. The van der Waals surface area contributed by atoms with Gasteiger partial charge in [0.15, 0.2) is 0 Å². The smallest absolute Gasteiger partial charge is 0.262 e. The van der Waals surface area contributed by atoms with Gasteiger partial charge in [-0.05, 0) is 12.1 Å². The number of aromatic nitrogens is 2. The van der Waals surface area contributed by atoms with Crippen LogP contribution in [0.5, 0.6) is 5.75 Å². The van der Waals surface area contributed by atoms with Crippen LogP contribution in [0.3, 0.4) is 0 Å². The van der Waals surface area contributed by atoms with E-state index in [1.54, 1.807) is 42.2 Å². The van der Waals surface area contributed by atoms with Crippen molar-refractivity contribution in [2.24, 2.45) is 7.05 Å². The molecule has 0 unspecified atom stereocenters. The van der Waals surface area contributed by atoms with Gasteiger partial charge in [0.25, 0.3) is 5.91 Å². The number of methoxy groups -OCH3 is 1. The summed E-state index contributed by atoms with van der Waals surface area (Å²) < 4.78 is 6.69. The number of carbonyl (C=O) groups is 1. The van der Waals surface area contributed by atoms with Crippen molar-refractivity contribution in [3.05, 3.63) is 36.0 Å². The molecule has 6 nitrogen and oxygen atoms in total. The molecule has 1 aromatic carbocycles. The lowest BCUT2D eigenvalue weighted by molar-refractivity contribution is 0.102. The highest BCUT2D eigenvalue weighted by molar-refractivity contribution is 6.09. The molecule has 0 aliphatic heterocycles. The van der Waals surface area contributed by atoms with E-state index in [9.17, 15) is 4.79 Å². The average Bonchev–Trinajstić information content (AvgIpc) is 2.74. The fourth-order valence-electron chi connectivity index (χ4n) is 1.64. The Labute approximate surface area is 104 Å². The zero-order valence-corrected chi connectivity index (χ0v) is 10.2. The van der Waals surface area contributed by atoms with E-state index in [1.165, 1.54) is 7.11 Å². The number of rotatable bonds is 3. The molecule has 0 bridgehead atoms. The Hall–Kier alpha value is -2.50. The Bertz CT molecular complexity index is 577. The lowest BCUT2D eigenvalue weighted by atomic mass is 10.1. The van der Waals surface area contributed by atoms with Gasteiger partial charge in [-0.1, -0.05) is 6.07 Å². The van der Waals surface area contributed by atoms with Gasteiger partial charge in [0.1, 0.15) is 17.1 Å². The van der Waals surface area contributed by atoms with Crippen molar-refractivity contribution >= 4 is 17.4 Å². The molecule has 1 heterocycles. The second-order valence-electron chi connectivity index (χ2n) is 3.72. The number of benzene rings is 1. The molecule has 6 heteroatoms. The van der Waals surface area contributed by atoms with Gasteiger partial charge >= 0.3 is 0 Å². The summed E-state index contributed by atoms with van der Waals surface area (Å²) in [5.41, 5.74) is 6.49. The highest BCUT2D eigenvalue weighted by Crippen LogP contribution is 2.25. The normalized spacial score (nSPS) is 10.1. The molecular weight excluding hydrogens is 232 g/mol. The Morgan fingerprint density at radius 1 is 1.44 bits per heavy atom. The zero-order chi connectivity index (χ0) is 13.1. The van der Waals surface area contributed by atoms with Crippen molar-refractivity contribution in [2.45, 2.75) is 0 Å². The van der Waals surface area contributed by atoms with Gasteiger partial charge in [-0.15, -0.1) is 0 Å². The number of ether oxygens (including phenoxy) is 1. The molecule has 0 aliphatic carbocycles. The monoisotopic (exact) mass is 246 g/mol. The van der Waals surface area contributed by atoms with E-state index in [2.05, 4.69) is 10.4 Å². The molecule has 18 heavy (non-hydrogen) atoms. The summed E-state index contributed by atoms with van der Waals surface area (Å²) in [6.07, 6.45) is 1.60. The summed E-state index contributed by atoms with van der Waals surface area (Å²) in [5, 5.41) is 6.69. The number of amides is 1. The minimum atomic E-state index is -0.325. The third-order valence-corrected chi connectivity index (χ3v) is 2.57. The molecule has 0 spiro atoms. The average molecular weight is 246 g/mol. The van der Waals surface area contributed by atoms with Crippen molar-refractivity contribution < 1.29 is 9.53 Å². The topological polar surface area (TPSA) is 82.2 Å². The fourth-order valence-corrected chi connectivity index (χ4v) is 1.64. The summed E-state index contributed by atoms with van der Waals surface area (Å²) in [4.78, 5) is 12.2. The first-order valence-electron chi connectivity index (χ1n) is 5.35. The quantitative estimate of drug-likeness (QED) is 0.799. The summed E-state index contributed by atoms with van der Waals surface area (Å²) in [6.45, 7) is 0. The van der Waals surface area contributed by atoms with Gasteiger partial charge in [0.05, 0.1) is 13.3 Å². The van der Waals surface area contributed by atoms with Gasteiger partial charge in [-0.25, -0.2) is 0 Å². The molecule has 0 aliphatic rings. The number of nitrogens with zero attached hydrogens (tertiary/aromatic N) is 2. The maximum atomic E-state index is 12.2. The predicted molar refractivity (Wildman–Crippen MR) is 68.6 cm³/mol. The maximum absolute atomic E-state index is 12.2. The molecule has 94 valence electrons. The third-order valence-electron chi connectivity index (χ3n) is 2.57. The second-order valence-corrected chi connectivity index (χ2v) is 3.72. The van der Waals surface area contributed by atoms with Crippen LogP contribution in [-0.2, 0) is 7.05 Å². The summed E-state index contributed by atoms with van der Waals surface area (Å²) in [5.74, 6) is 0.702. The van der Waals surface area contributed by atoms with E-state index >= 15 is 0 Å². The number of hydrogen-bond donors (Lipinski definition) is 2. The van der Waals surface area contributed by atoms with Crippen LogP contribution in [0.25, 0.3) is 0 Å². The Balaban J connectivity index is 2.32. The van der Waals surface area contributed by atoms with E-state index < -0.39 is 0 Å². The minimum absolute atomic E-state index is 0.321. The second kappa shape index (κ2) is 4.79. The lowest BCUT2D eigenvalue weighted by Crippen LogP contribution is -2.17. The number of aryl methyl sites for hydroxylation is 1. The van der Waals surface area contributed by atoms with Crippen LogP contribution in [0.1, 0.15) is 10.4 Å². The van der Waals surface area contributed by atoms with E-state index in [0.717, 1.165) is 0 Å². The molecule has 2 rings (SSSR count). The number of nitrogen functional groups attached to an aromatic ring is 1. The zero-order valence-electron chi connectivity index (χ0n) is 10.2. The predicted octanol–water partition coefficient (Wildman–Crippen LogP) is 1.26. The van der Waals surface area contributed by atoms with Crippen molar-refractivity contribution in [1.29, 1.82) is 0 Å². The number of hydrogen-bond acceptors (Lipinski definition) is 4. The SMILES string of the molecule is COc1cccc(N)c1C(=O)Nc1ccnn1C. The van der Waals surface area contributed by atoms with Crippen LogP contribution in [0.15, 0.2) is 30.5 Å². The molecular formula is C12H14N4O2. The molecule has 0 fully saturated rings. The van der Waals surface area contributed by atoms with E-state index in [0.29, 0.717) is 22.8 Å². The molecule has 1 amide bonds. The third kappa shape index (κ3) is 2.13. The van der Waals surface area contributed by atoms with Crippen LogP contribution in [0.2, 0.25) is 0 Å². The van der Waals surface area contributed by atoms with Gasteiger partial charge in [0.2, 0.25) is 0 Å². The first kappa shape index (κ1) is 12.0.